The minimum Gasteiger partial charge on any atom is -0.285 e. The Bertz CT molecular complexity index is 496. The van der Waals surface area contributed by atoms with Crippen LogP contribution in [0.5, 0.6) is 0 Å². The number of nitrogens with zero attached hydrogens (tertiary/aromatic N) is 5. The highest BCUT2D eigenvalue weighted by molar-refractivity contribution is 6.31. The fraction of sp³-hybridized carbons (Fsp3) is 0.333. The molecule has 0 N–H and O–H groups in total. The number of rotatable bonds is 3. The van der Waals surface area contributed by atoms with Crippen LogP contribution in [0.15, 0.2) is 12.4 Å². The highest BCUT2D eigenvalue weighted by Gasteiger charge is 2.11. The first-order chi connectivity index (χ1) is 7.72. The zero-order valence-corrected chi connectivity index (χ0v) is 10.1. The second kappa shape index (κ2) is 4.76. The van der Waals surface area contributed by atoms with Crippen molar-refractivity contribution in [1.82, 2.24) is 24.7 Å². The van der Waals surface area contributed by atoms with Crippen LogP contribution in [0.1, 0.15) is 19.2 Å². The number of imidazole rings is 1. The molecule has 0 aliphatic rings. The smallest absolute Gasteiger partial charge is 0.245 e. The molecule has 0 unspecified atom stereocenters. The number of halogens is 2. The summed E-state index contributed by atoms with van der Waals surface area (Å²) in [5, 5.41) is 7.55. The minimum absolute atomic E-state index is 0.0653. The van der Waals surface area contributed by atoms with Crippen LogP contribution in [0.2, 0.25) is 10.4 Å². The first-order valence-electron chi connectivity index (χ1n) is 4.80. The summed E-state index contributed by atoms with van der Waals surface area (Å²) in [4.78, 5) is 8.27. The van der Waals surface area contributed by atoms with Gasteiger partial charge in [0.2, 0.25) is 5.28 Å². The molecule has 5 nitrogen and oxygen atoms in total. The molecule has 2 rings (SSSR count). The van der Waals surface area contributed by atoms with Gasteiger partial charge in [-0.15, -0.1) is 10.2 Å². The lowest BCUT2D eigenvalue weighted by molar-refractivity contribution is 0.786. The molecule has 0 atom stereocenters. The van der Waals surface area contributed by atoms with Gasteiger partial charge in [-0.25, -0.2) is 4.98 Å². The van der Waals surface area contributed by atoms with E-state index in [4.69, 9.17) is 23.2 Å². The van der Waals surface area contributed by atoms with Crippen molar-refractivity contribution in [3.05, 3.63) is 28.7 Å². The van der Waals surface area contributed by atoms with Gasteiger partial charge in [-0.05, 0) is 18.0 Å². The van der Waals surface area contributed by atoms with E-state index in [0.29, 0.717) is 5.82 Å². The summed E-state index contributed by atoms with van der Waals surface area (Å²) in [7, 11) is 0. The topological polar surface area (TPSA) is 56.5 Å². The van der Waals surface area contributed by atoms with Gasteiger partial charge in [-0.1, -0.05) is 18.5 Å². The highest BCUT2D eigenvalue weighted by atomic mass is 35.5. The van der Waals surface area contributed by atoms with Crippen molar-refractivity contribution in [2.45, 2.75) is 19.8 Å². The van der Waals surface area contributed by atoms with E-state index >= 15 is 0 Å². The molecular formula is C9H9Cl2N5. The summed E-state index contributed by atoms with van der Waals surface area (Å²) >= 11 is 11.6. The highest BCUT2D eigenvalue weighted by Crippen LogP contribution is 2.18. The molecule has 0 bridgehead atoms. The summed E-state index contributed by atoms with van der Waals surface area (Å²) in [5.74, 6) is 1.34. The average Bonchev–Trinajstić information content (AvgIpc) is 2.70. The Hall–Kier alpha value is -1.20. The molecule has 16 heavy (non-hydrogen) atoms. The molecule has 0 amide bonds. The van der Waals surface area contributed by atoms with Gasteiger partial charge in [-0.2, -0.15) is 4.98 Å². The van der Waals surface area contributed by atoms with Gasteiger partial charge < -0.3 is 0 Å². The van der Waals surface area contributed by atoms with E-state index in [1.807, 2.05) is 0 Å². The van der Waals surface area contributed by atoms with E-state index in [9.17, 15) is 0 Å². The first-order valence-corrected chi connectivity index (χ1v) is 5.56. The molecule has 7 heteroatoms. The van der Waals surface area contributed by atoms with Crippen molar-refractivity contribution < 1.29 is 0 Å². The van der Waals surface area contributed by atoms with Crippen molar-refractivity contribution in [2.75, 3.05) is 0 Å². The lowest BCUT2D eigenvalue weighted by Crippen LogP contribution is -2.05. The molecule has 0 spiro atoms. The predicted molar refractivity (Wildman–Crippen MR) is 61.0 cm³/mol. The van der Waals surface area contributed by atoms with E-state index in [0.717, 1.165) is 18.7 Å². The fourth-order valence-electron chi connectivity index (χ4n) is 1.37. The summed E-state index contributed by atoms with van der Waals surface area (Å²) in [6, 6.07) is 0. The largest absolute Gasteiger partial charge is 0.285 e. The SMILES string of the molecule is CCCc1nccn1-c1nc(Cl)nnc1Cl. The Balaban J connectivity index is 2.49. The number of hydrogen-bond acceptors (Lipinski definition) is 4. The van der Waals surface area contributed by atoms with Gasteiger partial charge in [-0.3, -0.25) is 4.57 Å². The molecule has 0 saturated heterocycles. The van der Waals surface area contributed by atoms with Gasteiger partial charge in [0.05, 0.1) is 0 Å². The molecule has 0 saturated carbocycles. The molecule has 0 radical (unpaired) electrons. The van der Waals surface area contributed by atoms with Crippen LogP contribution in [0.3, 0.4) is 0 Å². The van der Waals surface area contributed by atoms with Crippen LogP contribution in [0.25, 0.3) is 5.82 Å². The van der Waals surface area contributed by atoms with Gasteiger partial charge in [0.15, 0.2) is 11.0 Å². The van der Waals surface area contributed by atoms with Crippen LogP contribution >= 0.6 is 23.2 Å². The summed E-state index contributed by atoms with van der Waals surface area (Å²) in [6.45, 7) is 2.08. The summed E-state index contributed by atoms with van der Waals surface area (Å²) < 4.78 is 1.77. The van der Waals surface area contributed by atoms with E-state index in [1.165, 1.54) is 0 Å². The van der Waals surface area contributed by atoms with Gasteiger partial charge >= 0.3 is 0 Å². The third-order valence-corrected chi connectivity index (χ3v) is 2.43. The zero-order valence-electron chi connectivity index (χ0n) is 8.56. The quantitative estimate of drug-likeness (QED) is 0.847. The molecule has 0 aliphatic carbocycles. The van der Waals surface area contributed by atoms with Crippen LogP contribution in [0.4, 0.5) is 0 Å². The van der Waals surface area contributed by atoms with Crippen molar-refractivity contribution in [3.63, 3.8) is 0 Å². The molecule has 0 aliphatic heterocycles. The van der Waals surface area contributed by atoms with Crippen LogP contribution in [0, 0.1) is 0 Å². The number of aryl methyl sites for hydroxylation is 1. The first kappa shape index (κ1) is 11.3. The number of hydrogen-bond donors (Lipinski definition) is 0. The maximum atomic E-state index is 5.92. The molecule has 2 heterocycles. The van der Waals surface area contributed by atoms with Gasteiger partial charge in [0, 0.05) is 18.8 Å². The second-order valence-electron chi connectivity index (χ2n) is 3.16. The Morgan fingerprint density at radius 3 is 2.88 bits per heavy atom. The minimum atomic E-state index is 0.0653. The lowest BCUT2D eigenvalue weighted by Gasteiger charge is -2.06. The van der Waals surface area contributed by atoms with Gasteiger partial charge in [0.1, 0.15) is 5.82 Å². The average molecular weight is 258 g/mol. The molecule has 84 valence electrons. The van der Waals surface area contributed by atoms with Crippen LogP contribution < -0.4 is 0 Å². The van der Waals surface area contributed by atoms with Crippen LogP contribution in [-0.2, 0) is 6.42 Å². The third kappa shape index (κ3) is 2.15. The summed E-state index contributed by atoms with van der Waals surface area (Å²) in [5.41, 5.74) is 0. The van der Waals surface area contributed by atoms with E-state index < -0.39 is 0 Å². The van der Waals surface area contributed by atoms with Crippen molar-refractivity contribution >= 4 is 23.2 Å². The standard InChI is InChI=1S/C9H9Cl2N5/c1-2-3-6-12-4-5-16(6)8-7(10)14-15-9(11)13-8/h4-5H,2-3H2,1H3. The number of aromatic nitrogens is 5. The van der Waals surface area contributed by atoms with Crippen LogP contribution in [-0.4, -0.2) is 24.7 Å². The second-order valence-corrected chi connectivity index (χ2v) is 3.85. The van der Waals surface area contributed by atoms with E-state index in [2.05, 4.69) is 27.1 Å². The van der Waals surface area contributed by atoms with E-state index in [-0.39, 0.29) is 10.4 Å². The monoisotopic (exact) mass is 257 g/mol. The third-order valence-electron chi connectivity index (χ3n) is 2.02. The van der Waals surface area contributed by atoms with Gasteiger partial charge in [0.25, 0.3) is 0 Å². The molecular weight excluding hydrogens is 249 g/mol. The predicted octanol–water partition coefficient (Wildman–Crippen LogP) is 2.32. The molecule has 2 aromatic heterocycles. The van der Waals surface area contributed by atoms with Crippen molar-refractivity contribution in [2.24, 2.45) is 0 Å². The summed E-state index contributed by atoms with van der Waals surface area (Å²) in [6.07, 6.45) is 5.29. The molecule has 2 aromatic rings. The fourth-order valence-corrected chi connectivity index (χ4v) is 1.66. The normalized spacial score (nSPS) is 10.7. The maximum Gasteiger partial charge on any atom is 0.245 e. The Morgan fingerprint density at radius 2 is 2.12 bits per heavy atom. The van der Waals surface area contributed by atoms with Crippen molar-refractivity contribution in [1.29, 1.82) is 0 Å². The zero-order chi connectivity index (χ0) is 11.5. The Morgan fingerprint density at radius 1 is 1.31 bits per heavy atom. The molecule has 0 aromatic carbocycles. The van der Waals surface area contributed by atoms with E-state index in [1.54, 1.807) is 17.0 Å². The molecule has 0 fully saturated rings. The Kier molecular flexibility index (Phi) is 3.36. The maximum absolute atomic E-state index is 5.92. The van der Waals surface area contributed by atoms with Crippen molar-refractivity contribution in [3.8, 4) is 5.82 Å². The Labute approximate surface area is 102 Å². The lowest BCUT2D eigenvalue weighted by atomic mass is 10.3.